The van der Waals surface area contributed by atoms with Gasteiger partial charge in [-0.25, -0.2) is 13.1 Å². The van der Waals surface area contributed by atoms with Gasteiger partial charge in [0.25, 0.3) is 0 Å². The summed E-state index contributed by atoms with van der Waals surface area (Å²) < 4.78 is 37.7. The maximum atomic E-state index is 12.3. The summed E-state index contributed by atoms with van der Waals surface area (Å²) in [4.78, 5) is 0.0223. The van der Waals surface area contributed by atoms with Gasteiger partial charge in [-0.15, -0.1) is 0 Å². The maximum absolute atomic E-state index is 12.3. The molecule has 0 aliphatic rings. The summed E-state index contributed by atoms with van der Waals surface area (Å²) in [6.07, 6.45) is -0.276. The molecule has 0 saturated carbocycles. The largest absolute Gasteiger partial charge is 0.487 e. The Hall–Kier alpha value is -0.860. The van der Waals surface area contributed by atoms with Gasteiger partial charge in [0, 0.05) is 25.2 Å². The van der Waals surface area contributed by atoms with Gasteiger partial charge in [0.05, 0.1) is 6.61 Å². The molecule has 0 fully saturated rings. The fourth-order valence-corrected chi connectivity index (χ4v) is 3.09. The Balaban J connectivity index is 3.00. The molecule has 0 heterocycles. The van der Waals surface area contributed by atoms with Gasteiger partial charge in [-0.1, -0.05) is 11.6 Å². The van der Waals surface area contributed by atoms with E-state index in [0.29, 0.717) is 18.2 Å². The van der Waals surface area contributed by atoms with Crippen molar-refractivity contribution in [1.82, 2.24) is 10.0 Å². The number of ether oxygens (including phenoxy) is 2. The van der Waals surface area contributed by atoms with Gasteiger partial charge in [-0.2, -0.15) is 0 Å². The van der Waals surface area contributed by atoms with Crippen molar-refractivity contribution >= 4 is 21.6 Å². The highest BCUT2D eigenvalue weighted by Crippen LogP contribution is 2.28. The molecule has 1 unspecified atom stereocenters. The van der Waals surface area contributed by atoms with Crippen molar-refractivity contribution in [2.24, 2.45) is 0 Å². The van der Waals surface area contributed by atoms with Crippen LogP contribution in [-0.2, 0) is 14.8 Å². The first-order chi connectivity index (χ1) is 9.90. The number of nitrogens with one attached hydrogen (secondary N) is 2. The number of hydrogen-bond donors (Lipinski definition) is 2. The summed E-state index contributed by atoms with van der Waals surface area (Å²) in [6, 6.07) is 4.50. The first-order valence-electron chi connectivity index (χ1n) is 6.50. The lowest BCUT2D eigenvalue weighted by molar-refractivity contribution is 0.0901. The fourth-order valence-electron chi connectivity index (χ4n) is 1.66. The molecule has 1 rings (SSSR count). The van der Waals surface area contributed by atoms with Crippen LogP contribution in [0.2, 0.25) is 5.02 Å². The molecule has 0 aromatic heterocycles. The van der Waals surface area contributed by atoms with Gasteiger partial charge in [0.15, 0.2) is 0 Å². The van der Waals surface area contributed by atoms with Gasteiger partial charge in [0.1, 0.15) is 16.7 Å². The molecule has 0 aliphatic heterocycles. The molecular formula is C13H21ClN2O4S. The first kappa shape index (κ1) is 18.2. The van der Waals surface area contributed by atoms with Crippen molar-refractivity contribution in [3.05, 3.63) is 23.2 Å². The second-order valence-electron chi connectivity index (χ2n) is 4.48. The van der Waals surface area contributed by atoms with Crippen molar-refractivity contribution in [3.8, 4) is 5.75 Å². The summed E-state index contributed by atoms with van der Waals surface area (Å²) in [5, 5.41) is 3.20. The average molecular weight is 337 g/mol. The van der Waals surface area contributed by atoms with Crippen LogP contribution in [0.4, 0.5) is 0 Å². The number of hydrogen-bond acceptors (Lipinski definition) is 5. The molecule has 0 radical (unpaired) electrons. The van der Waals surface area contributed by atoms with Crippen LogP contribution >= 0.6 is 11.6 Å². The third-order valence-corrected chi connectivity index (χ3v) is 4.31. The molecule has 0 bridgehead atoms. The molecule has 0 saturated heterocycles. The van der Waals surface area contributed by atoms with Gasteiger partial charge >= 0.3 is 0 Å². The van der Waals surface area contributed by atoms with Crippen LogP contribution in [0.5, 0.6) is 5.75 Å². The topological polar surface area (TPSA) is 76.7 Å². The van der Waals surface area contributed by atoms with Crippen LogP contribution in [-0.4, -0.2) is 48.4 Å². The normalized spacial score (nSPS) is 13.1. The molecule has 1 atom stereocenters. The van der Waals surface area contributed by atoms with Crippen molar-refractivity contribution < 1.29 is 17.9 Å². The van der Waals surface area contributed by atoms with Crippen molar-refractivity contribution in [3.63, 3.8) is 0 Å². The lowest BCUT2D eigenvalue weighted by Gasteiger charge is -2.17. The van der Waals surface area contributed by atoms with Crippen LogP contribution in [0.1, 0.15) is 6.92 Å². The zero-order valence-electron chi connectivity index (χ0n) is 12.3. The Morgan fingerprint density at radius 3 is 2.67 bits per heavy atom. The monoisotopic (exact) mass is 336 g/mol. The van der Waals surface area contributed by atoms with E-state index in [0.717, 1.165) is 0 Å². The SMILES string of the molecule is CNCCNS(=O)(=O)c1cc(Cl)ccc1OC(C)COC. The summed E-state index contributed by atoms with van der Waals surface area (Å²) in [7, 11) is -0.388. The molecule has 21 heavy (non-hydrogen) atoms. The lowest BCUT2D eigenvalue weighted by atomic mass is 10.3. The predicted octanol–water partition coefficient (Wildman–Crippen LogP) is 1.25. The number of halogens is 1. The standard InChI is InChI=1S/C13H21ClN2O4S/c1-10(9-19-3)20-12-5-4-11(14)8-13(12)21(17,18)16-7-6-15-2/h4-5,8,10,15-16H,6-7,9H2,1-3H3. The van der Waals surface area contributed by atoms with E-state index >= 15 is 0 Å². The van der Waals surface area contributed by atoms with E-state index in [2.05, 4.69) is 10.0 Å². The highest BCUT2D eigenvalue weighted by molar-refractivity contribution is 7.89. The van der Waals surface area contributed by atoms with Gasteiger partial charge < -0.3 is 14.8 Å². The summed E-state index contributed by atoms with van der Waals surface area (Å²) >= 11 is 5.90. The number of rotatable bonds is 9. The van der Waals surface area contributed by atoms with Crippen LogP contribution in [0.3, 0.4) is 0 Å². The van der Waals surface area contributed by atoms with Gasteiger partial charge in [-0.3, -0.25) is 0 Å². The molecule has 1 aromatic carbocycles. The predicted molar refractivity (Wildman–Crippen MR) is 82.5 cm³/mol. The van der Waals surface area contributed by atoms with Gasteiger partial charge in [-0.05, 0) is 32.2 Å². The van der Waals surface area contributed by atoms with Crippen LogP contribution in [0.25, 0.3) is 0 Å². The smallest absolute Gasteiger partial charge is 0.244 e. The third-order valence-electron chi connectivity index (χ3n) is 2.59. The zero-order chi connectivity index (χ0) is 15.9. The highest BCUT2D eigenvalue weighted by atomic mass is 35.5. The van der Waals surface area contributed by atoms with E-state index in [-0.39, 0.29) is 23.3 Å². The summed E-state index contributed by atoms with van der Waals surface area (Å²) in [5.74, 6) is 0.251. The molecule has 1 aromatic rings. The minimum atomic E-state index is -3.69. The molecule has 0 aliphatic carbocycles. The van der Waals surface area contributed by atoms with E-state index in [1.165, 1.54) is 6.07 Å². The van der Waals surface area contributed by atoms with Crippen LogP contribution in [0, 0.1) is 0 Å². The van der Waals surface area contributed by atoms with E-state index in [9.17, 15) is 8.42 Å². The number of sulfonamides is 1. The Bertz CT molecular complexity index is 551. The Labute approximate surface area is 130 Å². The molecule has 0 amide bonds. The minimum absolute atomic E-state index is 0.0223. The van der Waals surface area contributed by atoms with E-state index in [1.807, 2.05) is 0 Å². The number of likely N-dealkylation sites (N-methyl/N-ethyl adjacent to an activating group) is 1. The van der Waals surface area contributed by atoms with Gasteiger partial charge in [0.2, 0.25) is 10.0 Å². The molecule has 6 nitrogen and oxygen atoms in total. The highest BCUT2D eigenvalue weighted by Gasteiger charge is 2.21. The Kier molecular flexibility index (Phi) is 7.41. The first-order valence-corrected chi connectivity index (χ1v) is 8.36. The average Bonchev–Trinajstić information content (AvgIpc) is 2.41. The molecule has 120 valence electrons. The van der Waals surface area contributed by atoms with E-state index in [4.69, 9.17) is 21.1 Å². The number of benzene rings is 1. The minimum Gasteiger partial charge on any atom is -0.487 e. The van der Waals surface area contributed by atoms with E-state index in [1.54, 1.807) is 33.2 Å². The van der Waals surface area contributed by atoms with Crippen molar-refractivity contribution in [1.29, 1.82) is 0 Å². The van der Waals surface area contributed by atoms with Crippen molar-refractivity contribution in [2.75, 3.05) is 33.9 Å². The second kappa shape index (κ2) is 8.55. The Morgan fingerprint density at radius 1 is 1.33 bits per heavy atom. The van der Waals surface area contributed by atoms with Crippen LogP contribution < -0.4 is 14.8 Å². The molecule has 0 spiro atoms. The summed E-state index contributed by atoms with van der Waals surface area (Å²) in [5.41, 5.74) is 0. The Morgan fingerprint density at radius 2 is 2.05 bits per heavy atom. The third kappa shape index (κ3) is 5.80. The number of methoxy groups -OCH3 is 1. The molecule has 2 N–H and O–H groups in total. The quantitative estimate of drug-likeness (QED) is 0.664. The zero-order valence-corrected chi connectivity index (χ0v) is 13.9. The van der Waals surface area contributed by atoms with Crippen molar-refractivity contribution in [2.45, 2.75) is 17.9 Å². The lowest BCUT2D eigenvalue weighted by Crippen LogP contribution is -2.31. The molecular weight excluding hydrogens is 316 g/mol. The fraction of sp³-hybridized carbons (Fsp3) is 0.538. The summed E-state index contributed by atoms with van der Waals surface area (Å²) in [6.45, 7) is 2.95. The second-order valence-corrected chi connectivity index (χ2v) is 6.65. The van der Waals surface area contributed by atoms with E-state index < -0.39 is 10.0 Å². The van der Waals surface area contributed by atoms with Crippen LogP contribution in [0.15, 0.2) is 23.1 Å². The maximum Gasteiger partial charge on any atom is 0.244 e. The molecule has 8 heteroatoms.